The summed E-state index contributed by atoms with van der Waals surface area (Å²) in [5.74, 6) is -0.340. The average Bonchev–Trinajstić information content (AvgIpc) is 2.82. The molecule has 0 aliphatic carbocycles. The summed E-state index contributed by atoms with van der Waals surface area (Å²) in [4.78, 5) is 38.4. The third-order valence-corrected chi connectivity index (χ3v) is 5.38. The average molecular weight is 440 g/mol. The van der Waals surface area contributed by atoms with Crippen LogP contribution in [0, 0.1) is 5.92 Å². The quantitative estimate of drug-likeness (QED) is 0.461. The van der Waals surface area contributed by atoms with Gasteiger partial charge in [-0.2, -0.15) is 0 Å². The Hall–Kier alpha value is -3.35. The van der Waals surface area contributed by atoms with Crippen LogP contribution in [0.4, 0.5) is 5.69 Å². The Bertz CT molecular complexity index is 912. The predicted molar refractivity (Wildman–Crippen MR) is 126 cm³/mol. The molecule has 172 valence electrons. The molecule has 2 rings (SSSR count). The Labute approximate surface area is 189 Å². The summed E-state index contributed by atoms with van der Waals surface area (Å²) in [5.41, 5.74) is 1.11. The van der Waals surface area contributed by atoms with Crippen molar-refractivity contribution in [3.63, 3.8) is 0 Å². The highest BCUT2D eigenvalue weighted by Gasteiger charge is 2.27. The number of hydrogen-bond acceptors (Lipinski definition) is 4. The van der Waals surface area contributed by atoms with E-state index in [9.17, 15) is 14.4 Å². The summed E-state index contributed by atoms with van der Waals surface area (Å²) in [6.45, 7) is 6.54. The molecular formula is C25H33N3O4. The minimum atomic E-state index is -0.658. The second-order valence-electron chi connectivity index (χ2n) is 7.71. The first kappa shape index (κ1) is 24.9. The first-order chi connectivity index (χ1) is 15.4. The number of methoxy groups -OCH3 is 1. The summed E-state index contributed by atoms with van der Waals surface area (Å²) >= 11 is 0. The lowest BCUT2D eigenvalue weighted by atomic mass is 9.97. The van der Waals surface area contributed by atoms with E-state index in [1.807, 2.05) is 13.8 Å². The van der Waals surface area contributed by atoms with E-state index < -0.39 is 11.9 Å². The lowest BCUT2D eigenvalue weighted by Gasteiger charge is -2.24. The van der Waals surface area contributed by atoms with Gasteiger partial charge in [-0.15, -0.1) is 0 Å². The highest BCUT2D eigenvalue weighted by Crippen LogP contribution is 2.19. The lowest BCUT2D eigenvalue weighted by molar-refractivity contribution is -0.124. The van der Waals surface area contributed by atoms with Gasteiger partial charge in [0.2, 0.25) is 5.91 Å². The molecule has 0 aliphatic heterocycles. The van der Waals surface area contributed by atoms with E-state index in [-0.39, 0.29) is 17.7 Å². The normalized spacial score (nSPS) is 12.4. The van der Waals surface area contributed by atoms with E-state index in [2.05, 4.69) is 22.9 Å². The van der Waals surface area contributed by atoms with Crippen LogP contribution in [-0.2, 0) is 4.79 Å². The lowest BCUT2D eigenvalue weighted by Crippen LogP contribution is -2.50. The van der Waals surface area contributed by atoms with E-state index in [0.717, 1.165) is 19.3 Å². The standard InChI is InChI=1S/C25H33N3O4/c1-5-7-16-26-25(31)22(17(3)6-2)28-24(30)20-10-8-9-11-21(20)27-23(29)18-12-14-19(32-4)15-13-18/h8-15,17,22H,5-7,16H2,1-4H3,(H,26,31)(H,27,29)(H,28,30)/t17-,22+/m1/s1. The minimum Gasteiger partial charge on any atom is -0.497 e. The number of amides is 3. The van der Waals surface area contributed by atoms with Gasteiger partial charge in [-0.05, 0) is 48.7 Å². The zero-order valence-electron chi connectivity index (χ0n) is 19.2. The van der Waals surface area contributed by atoms with E-state index in [4.69, 9.17) is 4.74 Å². The summed E-state index contributed by atoms with van der Waals surface area (Å²) in [6, 6.07) is 12.8. The predicted octanol–water partition coefficient (Wildman–Crippen LogP) is 4.01. The third-order valence-electron chi connectivity index (χ3n) is 5.38. The van der Waals surface area contributed by atoms with Crippen LogP contribution in [0.2, 0.25) is 0 Å². The molecule has 7 heteroatoms. The maximum atomic E-state index is 13.1. The highest BCUT2D eigenvalue weighted by atomic mass is 16.5. The fourth-order valence-corrected chi connectivity index (χ4v) is 3.15. The number of unbranched alkanes of at least 4 members (excludes halogenated alkanes) is 1. The SMILES string of the molecule is CCCCNC(=O)[C@@H](NC(=O)c1ccccc1NC(=O)c1ccc(OC)cc1)[C@H](C)CC. The van der Waals surface area contributed by atoms with Gasteiger partial charge in [-0.1, -0.05) is 45.7 Å². The molecule has 0 radical (unpaired) electrons. The van der Waals surface area contributed by atoms with Crippen molar-refractivity contribution in [1.29, 1.82) is 0 Å². The van der Waals surface area contributed by atoms with Crippen molar-refractivity contribution in [2.45, 2.75) is 46.1 Å². The van der Waals surface area contributed by atoms with Crippen LogP contribution in [0.3, 0.4) is 0 Å². The van der Waals surface area contributed by atoms with Crippen LogP contribution in [0.1, 0.15) is 60.7 Å². The fraction of sp³-hybridized carbons (Fsp3) is 0.400. The van der Waals surface area contributed by atoms with Crippen molar-refractivity contribution in [3.05, 3.63) is 59.7 Å². The van der Waals surface area contributed by atoms with Crippen molar-refractivity contribution in [3.8, 4) is 5.75 Å². The maximum absolute atomic E-state index is 13.1. The molecular weight excluding hydrogens is 406 g/mol. The van der Waals surface area contributed by atoms with E-state index in [0.29, 0.717) is 29.1 Å². The summed E-state index contributed by atoms with van der Waals surface area (Å²) in [5, 5.41) is 8.55. The van der Waals surface area contributed by atoms with Crippen molar-refractivity contribution >= 4 is 23.4 Å². The Kier molecular flexibility index (Phi) is 9.73. The number of anilines is 1. The van der Waals surface area contributed by atoms with E-state index in [1.165, 1.54) is 0 Å². The fourth-order valence-electron chi connectivity index (χ4n) is 3.15. The Balaban J connectivity index is 2.16. The summed E-state index contributed by atoms with van der Waals surface area (Å²) in [6.07, 6.45) is 2.59. The molecule has 0 spiro atoms. The molecule has 0 heterocycles. The van der Waals surface area contributed by atoms with Gasteiger partial charge in [0.15, 0.2) is 0 Å². The molecule has 7 nitrogen and oxygen atoms in total. The number of rotatable bonds is 11. The Morgan fingerprint density at radius 2 is 1.66 bits per heavy atom. The highest BCUT2D eigenvalue weighted by molar-refractivity contribution is 6.09. The van der Waals surface area contributed by atoms with Crippen molar-refractivity contribution in [2.24, 2.45) is 5.92 Å². The van der Waals surface area contributed by atoms with Crippen LogP contribution >= 0.6 is 0 Å². The number of hydrogen-bond donors (Lipinski definition) is 3. The second-order valence-corrected chi connectivity index (χ2v) is 7.71. The molecule has 0 fully saturated rings. The minimum absolute atomic E-state index is 0.0402. The number of ether oxygens (including phenoxy) is 1. The van der Waals surface area contributed by atoms with E-state index >= 15 is 0 Å². The van der Waals surface area contributed by atoms with Gasteiger partial charge < -0.3 is 20.7 Å². The van der Waals surface area contributed by atoms with Crippen molar-refractivity contribution in [1.82, 2.24) is 10.6 Å². The summed E-state index contributed by atoms with van der Waals surface area (Å²) in [7, 11) is 1.56. The number of carbonyl (C=O) groups is 3. The molecule has 2 aromatic rings. The van der Waals surface area contributed by atoms with Crippen LogP contribution in [-0.4, -0.2) is 37.4 Å². The van der Waals surface area contributed by atoms with Crippen LogP contribution < -0.4 is 20.7 Å². The smallest absolute Gasteiger partial charge is 0.255 e. The molecule has 2 aromatic carbocycles. The molecule has 2 atom stereocenters. The molecule has 0 aromatic heterocycles. The second kappa shape index (κ2) is 12.5. The molecule has 3 amide bonds. The molecule has 32 heavy (non-hydrogen) atoms. The van der Waals surface area contributed by atoms with Crippen LogP contribution in [0.15, 0.2) is 48.5 Å². The molecule has 0 bridgehead atoms. The number of carbonyl (C=O) groups excluding carboxylic acids is 3. The van der Waals surface area contributed by atoms with E-state index in [1.54, 1.807) is 55.6 Å². The molecule has 0 aliphatic rings. The zero-order chi connectivity index (χ0) is 23.5. The van der Waals surface area contributed by atoms with Crippen LogP contribution in [0.5, 0.6) is 5.75 Å². The van der Waals surface area contributed by atoms with Gasteiger partial charge in [0, 0.05) is 12.1 Å². The Morgan fingerprint density at radius 1 is 0.969 bits per heavy atom. The third kappa shape index (κ3) is 6.83. The van der Waals surface area contributed by atoms with Gasteiger partial charge in [0.1, 0.15) is 11.8 Å². The molecule has 0 unspecified atom stereocenters. The monoisotopic (exact) mass is 439 g/mol. The van der Waals surface area contributed by atoms with Crippen molar-refractivity contribution in [2.75, 3.05) is 19.0 Å². The van der Waals surface area contributed by atoms with Gasteiger partial charge in [0.05, 0.1) is 18.4 Å². The number of para-hydroxylation sites is 1. The zero-order valence-corrected chi connectivity index (χ0v) is 19.2. The van der Waals surface area contributed by atoms with Gasteiger partial charge in [-0.25, -0.2) is 0 Å². The van der Waals surface area contributed by atoms with Gasteiger partial charge in [0.25, 0.3) is 11.8 Å². The number of benzene rings is 2. The molecule has 0 saturated heterocycles. The first-order valence-corrected chi connectivity index (χ1v) is 11.0. The van der Waals surface area contributed by atoms with Gasteiger partial charge >= 0.3 is 0 Å². The Morgan fingerprint density at radius 3 is 2.28 bits per heavy atom. The maximum Gasteiger partial charge on any atom is 0.255 e. The topological polar surface area (TPSA) is 96.5 Å². The van der Waals surface area contributed by atoms with Crippen LogP contribution in [0.25, 0.3) is 0 Å². The molecule has 3 N–H and O–H groups in total. The van der Waals surface area contributed by atoms with Crippen molar-refractivity contribution < 1.29 is 19.1 Å². The largest absolute Gasteiger partial charge is 0.497 e. The van der Waals surface area contributed by atoms with Gasteiger partial charge in [-0.3, -0.25) is 14.4 Å². The molecule has 0 saturated carbocycles. The first-order valence-electron chi connectivity index (χ1n) is 11.0. The summed E-state index contributed by atoms with van der Waals surface area (Å²) < 4.78 is 5.12. The number of nitrogens with one attached hydrogen (secondary N) is 3.